The molecular weight excluding hydrogens is 236 g/mol. The van der Waals surface area contributed by atoms with E-state index in [1.165, 1.54) is 45.3 Å². The van der Waals surface area contributed by atoms with Crippen LogP contribution in [0.25, 0.3) is 0 Å². The fourth-order valence-electron chi connectivity index (χ4n) is 3.19. The number of nitrogens with one attached hydrogen (secondary N) is 1. The molecule has 0 bridgehead atoms. The maximum absolute atomic E-state index is 10.2. The maximum Gasteiger partial charge on any atom is 0.0692 e. The van der Waals surface area contributed by atoms with Gasteiger partial charge in [0, 0.05) is 12.6 Å². The van der Waals surface area contributed by atoms with Crippen molar-refractivity contribution in [3.05, 3.63) is 0 Å². The number of aliphatic hydroxyl groups excluding tert-OH is 1. The van der Waals surface area contributed by atoms with Gasteiger partial charge in [-0.2, -0.15) is 0 Å². The summed E-state index contributed by atoms with van der Waals surface area (Å²) in [5.41, 5.74) is 0. The van der Waals surface area contributed by atoms with Gasteiger partial charge in [-0.25, -0.2) is 0 Å². The molecule has 0 aliphatic carbocycles. The molecule has 0 aromatic carbocycles. The van der Waals surface area contributed by atoms with E-state index in [0.717, 1.165) is 19.4 Å². The minimum atomic E-state index is -0.176. The summed E-state index contributed by atoms with van der Waals surface area (Å²) in [6.45, 7) is 11.1. The Morgan fingerprint density at radius 1 is 1.16 bits per heavy atom. The topological polar surface area (TPSA) is 35.5 Å². The highest BCUT2D eigenvalue weighted by Gasteiger charge is 2.19. The highest BCUT2D eigenvalue weighted by molar-refractivity contribution is 4.77. The SMILES string of the molecule is CCCN1CCCC(NCC(O)C(CC)CC)CC1. The minimum Gasteiger partial charge on any atom is -0.392 e. The fourth-order valence-corrected chi connectivity index (χ4v) is 3.19. The molecule has 0 aromatic rings. The van der Waals surface area contributed by atoms with Crippen LogP contribution in [-0.2, 0) is 0 Å². The Morgan fingerprint density at radius 2 is 1.89 bits per heavy atom. The predicted molar refractivity (Wildman–Crippen MR) is 82.5 cm³/mol. The molecule has 0 spiro atoms. The quantitative estimate of drug-likeness (QED) is 0.712. The standard InChI is InChI=1S/C16H34N2O/c1-4-10-18-11-7-8-15(9-12-18)17-13-16(19)14(5-2)6-3/h14-17,19H,4-13H2,1-3H3. The summed E-state index contributed by atoms with van der Waals surface area (Å²) >= 11 is 0. The van der Waals surface area contributed by atoms with Crippen LogP contribution in [0.1, 0.15) is 59.3 Å². The number of rotatable bonds is 8. The summed E-state index contributed by atoms with van der Waals surface area (Å²) in [7, 11) is 0. The van der Waals surface area contributed by atoms with E-state index in [9.17, 15) is 5.11 Å². The van der Waals surface area contributed by atoms with E-state index in [4.69, 9.17) is 0 Å². The third kappa shape index (κ3) is 6.24. The molecule has 19 heavy (non-hydrogen) atoms. The van der Waals surface area contributed by atoms with Gasteiger partial charge in [-0.3, -0.25) is 0 Å². The first-order valence-corrected chi connectivity index (χ1v) is 8.35. The van der Waals surface area contributed by atoms with E-state index in [0.29, 0.717) is 12.0 Å². The van der Waals surface area contributed by atoms with Crippen LogP contribution in [0.15, 0.2) is 0 Å². The van der Waals surface area contributed by atoms with Crippen molar-refractivity contribution in [1.29, 1.82) is 0 Å². The molecule has 1 rings (SSSR count). The van der Waals surface area contributed by atoms with Crippen LogP contribution in [0.2, 0.25) is 0 Å². The molecule has 3 heteroatoms. The molecule has 1 aliphatic rings. The summed E-state index contributed by atoms with van der Waals surface area (Å²) in [6, 6.07) is 0.603. The van der Waals surface area contributed by atoms with E-state index in [-0.39, 0.29) is 6.10 Å². The molecular formula is C16H34N2O. The van der Waals surface area contributed by atoms with Gasteiger partial charge >= 0.3 is 0 Å². The maximum atomic E-state index is 10.2. The fraction of sp³-hybridized carbons (Fsp3) is 1.00. The van der Waals surface area contributed by atoms with Crippen LogP contribution in [0.4, 0.5) is 0 Å². The zero-order chi connectivity index (χ0) is 14.1. The van der Waals surface area contributed by atoms with Gasteiger partial charge in [0.1, 0.15) is 0 Å². The summed E-state index contributed by atoms with van der Waals surface area (Å²) in [6.07, 6.45) is 7.02. The molecule has 2 atom stereocenters. The Hall–Kier alpha value is -0.120. The van der Waals surface area contributed by atoms with E-state index >= 15 is 0 Å². The van der Waals surface area contributed by atoms with Crippen molar-refractivity contribution < 1.29 is 5.11 Å². The molecule has 1 saturated heterocycles. The Labute approximate surface area is 119 Å². The Kier molecular flexibility index (Phi) is 8.67. The summed E-state index contributed by atoms with van der Waals surface area (Å²) < 4.78 is 0. The molecule has 1 aliphatic heterocycles. The predicted octanol–water partition coefficient (Wildman–Crippen LogP) is 2.64. The lowest BCUT2D eigenvalue weighted by atomic mass is 9.96. The second-order valence-corrected chi connectivity index (χ2v) is 6.02. The number of hydrogen-bond acceptors (Lipinski definition) is 3. The normalized spacial score (nSPS) is 23.5. The van der Waals surface area contributed by atoms with Crippen LogP contribution >= 0.6 is 0 Å². The van der Waals surface area contributed by atoms with Crippen molar-refractivity contribution in [3.8, 4) is 0 Å². The van der Waals surface area contributed by atoms with Gasteiger partial charge in [-0.1, -0.05) is 33.6 Å². The van der Waals surface area contributed by atoms with E-state index in [2.05, 4.69) is 31.0 Å². The lowest BCUT2D eigenvalue weighted by Crippen LogP contribution is -2.39. The third-order valence-electron chi connectivity index (χ3n) is 4.57. The van der Waals surface area contributed by atoms with E-state index in [1.54, 1.807) is 0 Å². The largest absolute Gasteiger partial charge is 0.392 e. The summed E-state index contributed by atoms with van der Waals surface area (Å²) in [4.78, 5) is 2.58. The zero-order valence-electron chi connectivity index (χ0n) is 13.2. The van der Waals surface area contributed by atoms with E-state index < -0.39 is 0 Å². The molecule has 2 unspecified atom stereocenters. The van der Waals surface area contributed by atoms with Crippen molar-refractivity contribution in [3.63, 3.8) is 0 Å². The van der Waals surface area contributed by atoms with Crippen molar-refractivity contribution in [1.82, 2.24) is 10.2 Å². The number of aliphatic hydroxyl groups is 1. The Balaban J connectivity index is 2.25. The molecule has 1 fully saturated rings. The summed E-state index contributed by atoms with van der Waals surface area (Å²) in [5.74, 6) is 0.454. The summed E-state index contributed by atoms with van der Waals surface area (Å²) in [5, 5.41) is 13.8. The van der Waals surface area contributed by atoms with Gasteiger partial charge in [0.2, 0.25) is 0 Å². The second kappa shape index (κ2) is 9.73. The van der Waals surface area contributed by atoms with Crippen LogP contribution in [-0.4, -0.2) is 48.3 Å². The Bertz CT molecular complexity index is 219. The highest BCUT2D eigenvalue weighted by atomic mass is 16.3. The third-order valence-corrected chi connectivity index (χ3v) is 4.57. The van der Waals surface area contributed by atoms with Crippen molar-refractivity contribution in [2.75, 3.05) is 26.2 Å². The molecule has 0 radical (unpaired) electrons. The van der Waals surface area contributed by atoms with Gasteiger partial charge in [-0.05, 0) is 51.2 Å². The van der Waals surface area contributed by atoms with Crippen LogP contribution < -0.4 is 5.32 Å². The van der Waals surface area contributed by atoms with E-state index in [1.807, 2.05) is 0 Å². The van der Waals surface area contributed by atoms with Crippen LogP contribution in [0, 0.1) is 5.92 Å². The average Bonchev–Trinajstić information content (AvgIpc) is 2.64. The molecule has 0 saturated carbocycles. The van der Waals surface area contributed by atoms with Gasteiger partial charge in [0.15, 0.2) is 0 Å². The molecule has 3 nitrogen and oxygen atoms in total. The van der Waals surface area contributed by atoms with Crippen LogP contribution in [0.3, 0.4) is 0 Å². The molecule has 114 valence electrons. The zero-order valence-corrected chi connectivity index (χ0v) is 13.2. The number of likely N-dealkylation sites (tertiary alicyclic amines) is 1. The average molecular weight is 270 g/mol. The number of nitrogens with zero attached hydrogens (tertiary/aromatic N) is 1. The van der Waals surface area contributed by atoms with Crippen molar-refractivity contribution in [2.45, 2.75) is 71.4 Å². The molecule has 0 aromatic heterocycles. The van der Waals surface area contributed by atoms with Gasteiger partial charge in [-0.15, -0.1) is 0 Å². The Morgan fingerprint density at radius 3 is 2.53 bits per heavy atom. The van der Waals surface area contributed by atoms with Gasteiger partial charge < -0.3 is 15.3 Å². The van der Waals surface area contributed by atoms with Crippen molar-refractivity contribution in [2.24, 2.45) is 5.92 Å². The smallest absolute Gasteiger partial charge is 0.0692 e. The minimum absolute atomic E-state index is 0.176. The number of hydrogen-bond donors (Lipinski definition) is 2. The monoisotopic (exact) mass is 270 g/mol. The lowest BCUT2D eigenvalue weighted by molar-refractivity contribution is 0.0975. The van der Waals surface area contributed by atoms with Gasteiger partial charge in [0.25, 0.3) is 0 Å². The molecule has 2 N–H and O–H groups in total. The first kappa shape index (κ1) is 16.9. The molecule has 1 heterocycles. The van der Waals surface area contributed by atoms with Crippen molar-refractivity contribution >= 4 is 0 Å². The first-order chi connectivity index (χ1) is 9.21. The van der Waals surface area contributed by atoms with Gasteiger partial charge in [0.05, 0.1) is 6.10 Å². The van der Waals surface area contributed by atoms with Crippen LogP contribution in [0.5, 0.6) is 0 Å². The lowest BCUT2D eigenvalue weighted by Gasteiger charge is -2.24. The first-order valence-electron chi connectivity index (χ1n) is 8.35. The second-order valence-electron chi connectivity index (χ2n) is 6.02. The highest BCUT2D eigenvalue weighted by Crippen LogP contribution is 2.15. The molecule has 0 amide bonds.